The third-order valence-corrected chi connectivity index (χ3v) is 3.89. The van der Waals surface area contributed by atoms with E-state index < -0.39 is 34.2 Å². The summed E-state index contributed by atoms with van der Waals surface area (Å²) in [7, 11) is -1.77. The summed E-state index contributed by atoms with van der Waals surface area (Å²) >= 11 is 0. The number of carbonyl (C=O) groups excluding carboxylic acids is 2. The first kappa shape index (κ1) is 30.2. The molecule has 0 unspecified atom stereocenters. The van der Waals surface area contributed by atoms with Gasteiger partial charge >= 0.3 is 21.1 Å². The van der Waals surface area contributed by atoms with E-state index in [0.29, 0.717) is 0 Å². The predicted molar refractivity (Wildman–Crippen MR) is 71.0 cm³/mol. The smallest absolute Gasteiger partial charge is 0.550 e. The van der Waals surface area contributed by atoms with Gasteiger partial charge in [-0.25, -0.2) is 0 Å². The van der Waals surface area contributed by atoms with Gasteiger partial charge in [0.2, 0.25) is 0 Å². The van der Waals surface area contributed by atoms with Crippen molar-refractivity contribution in [2.75, 3.05) is 38.1 Å². The average Bonchev–Trinajstić information content (AvgIpc) is 2.42. The van der Waals surface area contributed by atoms with Crippen molar-refractivity contribution in [3.8, 4) is 0 Å². The van der Waals surface area contributed by atoms with Crippen LogP contribution in [-0.2, 0) is 30.7 Å². The van der Waals surface area contributed by atoms with Crippen molar-refractivity contribution in [3.63, 3.8) is 0 Å². The Bertz CT molecular complexity index is 216. The van der Waals surface area contributed by atoms with Gasteiger partial charge in [-0.15, -0.1) is 0 Å². The number of rotatable bonds is 8. The second kappa shape index (κ2) is 23.5. The number of carboxylic acids is 2. The zero-order chi connectivity index (χ0) is 17.3. The van der Waals surface area contributed by atoms with Crippen molar-refractivity contribution in [3.05, 3.63) is 0 Å². The molecule has 136 valence electrons. The van der Waals surface area contributed by atoms with Gasteiger partial charge in [0.15, 0.2) is 0 Å². The van der Waals surface area contributed by atoms with E-state index in [9.17, 15) is 19.8 Å². The fraction of sp³-hybridized carbons (Fsp3) is 0.778. The van der Waals surface area contributed by atoms with Gasteiger partial charge in [-0.05, 0) is 15.8 Å². The number of hydrogen-bond acceptors (Lipinski definition) is 10. The number of aliphatic hydroxyl groups excluding tert-OH is 6. The molecular weight excluding hydrogens is 525 g/mol. The minimum atomic E-state index is -1.63. The molecule has 0 aliphatic carbocycles. The molecule has 0 aliphatic rings. The molecule has 0 rings (SSSR count). The number of carbonyl (C=O) groups is 2. The Labute approximate surface area is 144 Å². The molecule has 0 bridgehead atoms. The first-order valence-electron chi connectivity index (χ1n) is 5.32. The number of aliphatic hydroxyl groups is 6. The molecule has 0 heterocycles. The Morgan fingerprint density at radius 1 is 0.636 bits per heavy atom. The van der Waals surface area contributed by atoms with E-state index >= 15 is 0 Å². The predicted octanol–water partition coefficient (Wildman–Crippen LogP) is -4.49. The van der Waals surface area contributed by atoms with Crippen molar-refractivity contribution in [2.45, 2.75) is 6.42 Å². The summed E-state index contributed by atoms with van der Waals surface area (Å²) in [5, 5.41) is 68.0. The maximum Gasteiger partial charge on any atom is 2.00 e. The maximum atomic E-state index is 9.28. The molecule has 6 N–H and O–H groups in total. The molecule has 0 amide bonds. The molecule has 0 atom stereocenters. The van der Waals surface area contributed by atoms with E-state index in [2.05, 4.69) is 0 Å². The second-order valence-corrected chi connectivity index (χ2v) is 7.49. The van der Waals surface area contributed by atoms with Crippen molar-refractivity contribution in [2.24, 2.45) is 0 Å². The fourth-order valence-corrected chi connectivity index (χ4v) is 0.923. The third-order valence-electron chi connectivity index (χ3n) is 1.49. The Balaban J connectivity index is -0.000000108. The monoisotopic (exact) mass is 545 g/mol. The van der Waals surface area contributed by atoms with Gasteiger partial charge in [-0.2, -0.15) is 0 Å². The molecule has 22 heavy (non-hydrogen) atoms. The van der Waals surface area contributed by atoms with Crippen molar-refractivity contribution in [1.29, 1.82) is 0 Å². The summed E-state index contributed by atoms with van der Waals surface area (Å²) in [6.07, 6.45) is -1.51. The van der Waals surface area contributed by atoms with Crippen molar-refractivity contribution >= 4 is 27.8 Å². The van der Waals surface area contributed by atoms with Crippen LogP contribution >= 0.6 is 15.8 Å². The SMILES string of the molecule is O=C([O-])CC(=O)[O-].OCP(CO)CO.OCP(CO)CO.[Pt+2]. The van der Waals surface area contributed by atoms with Gasteiger partial charge in [-0.3, -0.25) is 0 Å². The van der Waals surface area contributed by atoms with Gasteiger partial charge in [0, 0.05) is 18.4 Å². The van der Waals surface area contributed by atoms with E-state index in [1.165, 1.54) is 0 Å². The van der Waals surface area contributed by atoms with Gasteiger partial charge in [0.25, 0.3) is 0 Å². The van der Waals surface area contributed by atoms with Gasteiger partial charge in [0.1, 0.15) is 0 Å². The van der Waals surface area contributed by atoms with E-state index in [4.69, 9.17) is 30.6 Å². The van der Waals surface area contributed by atoms with Crippen molar-refractivity contribution in [1.82, 2.24) is 0 Å². The Kier molecular flexibility index (Phi) is 32.2. The fourth-order valence-electron chi connectivity index (χ4n) is 0.386. The van der Waals surface area contributed by atoms with Crippen LogP contribution in [0, 0.1) is 0 Å². The number of carboxylic acid groups (broad SMARTS) is 2. The molecule has 0 aromatic heterocycles. The van der Waals surface area contributed by atoms with E-state index in [1.54, 1.807) is 0 Å². The average molecular weight is 545 g/mol. The summed E-state index contributed by atoms with van der Waals surface area (Å²) in [6.45, 7) is 0. The van der Waals surface area contributed by atoms with E-state index in [1.807, 2.05) is 0 Å². The van der Waals surface area contributed by atoms with Crippen LogP contribution in [0.15, 0.2) is 0 Å². The molecule has 0 aromatic rings. The van der Waals surface area contributed by atoms with Crippen LogP contribution in [0.1, 0.15) is 6.42 Å². The summed E-state index contributed by atoms with van der Waals surface area (Å²) in [5.74, 6) is -3.25. The van der Waals surface area contributed by atoms with Crippen LogP contribution in [0.4, 0.5) is 0 Å². The van der Waals surface area contributed by atoms with E-state index in [-0.39, 0.29) is 59.2 Å². The maximum absolute atomic E-state index is 9.28. The van der Waals surface area contributed by atoms with Crippen LogP contribution in [0.5, 0.6) is 0 Å². The largest absolute Gasteiger partial charge is 2.00 e. The Morgan fingerprint density at radius 2 is 0.818 bits per heavy atom. The van der Waals surface area contributed by atoms with Crippen LogP contribution in [0.3, 0.4) is 0 Å². The molecule has 0 spiro atoms. The molecular formula is C9H20O10P2Pt. The molecule has 0 saturated heterocycles. The quantitative estimate of drug-likeness (QED) is 0.128. The number of aliphatic carboxylic acids is 2. The molecule has 0 fully saturated rings. The topological polar surface area (TPSA) is 202 Å². The standard InChI is InChI=1S/C3H4O4.2C3H9O3P.Pt/c4-2(5)1-3(6)7;2*4-1-7(2-5)3-6;/h1H2,(H,4,5)(H,6,7);2*4-6H,1-3H2;/q;;;+2/p-2. The minimum absolute atomic E-state index is 0. The first-order chi connectivity index (χ1) is 9.82. The Hall–Kier alpha value is 0.248. The first-order valence-corrected chi connectivity index (χ1v) is 9.11. The molecule has 0 saturated carbocycles. The molecule has 13 heteroatoms. The summed E-state index contributed by atoms with van der Waals surface area (Å²) < 4.78 is 0. The van der Waals surface area contributed by atoms with Crippen LogP contribution < -0.4 is 10.2 Å². The van der Waals surface area contributed by atoms with Crippen molar-refractivity contribution < 1.29 is 71.5 Å². The molecule has 0 aliphatic heterocycles. The van der Waals surface area contributed by atoms with Crippen LogP contribution in [0.2, 0.25) is 0 Å². The molecule has 10 nitrogen and oxygen atoms in total. The van der Waals surface area contributed by atoms with E-state index in [0.717, 1.165) is 0 Å². The van der Waals surface area contributed by atoms with Crippen LogP contribution in [-0.4, -0.2) is 80.7 Å². The normalized spacial score (nSPS) is 9.09. The van der Waals surface area contributed by atoms with Gasteiger partial charge in [-0.1, -0.05) is 0 Å². The molecule has 0 aromatic carbocycles. The summed E-state index contributed by atoms with van der Waals surface area (Å²) in [5.41, 5.74) is 0. The summed E-state index contributed by atoms with van der Waals surface area (Å²) in [6, 6.07) is 0. The third kappa shape index (κ3) is 28.4. The second-order valence-electron chi connectivity index (χ2n) is 3.11. The summed E-state index contributed by atoms with van der Waals surface area (Å²) in [4.78, 5) is 18.6. The van der Waals surface area contributed by atoms with Crippen LogP contribution in [0.25, 0.3) is 0 Å². The zero-order valence-corrected chi connectivity index (χ0v) is 15.5. The molecule has 0 radical (unpaired) electrons. The zero-order valence-electron chi connectivity index (χ0n) is 11.5. The Morgan fingerprint density at radius 3 is 0.818 bits per heavy atom. The van der Waals surface area contributed by atoms with Gasteiger partial charge in [0.05, 0.1) is 38.1 Å². The van der Waals surface area contributed by atoms with Gasteiger partial charge < -0.3 is 50.4 Å². The number of hydrogen-bond donors (Lipinski definition) is 6. The minimum Gasteiger partial charge on any atom is -0.550 e.